The summed E-state index contributed by atoms with van der Waals surface area (Å²) < 4.78 is 12.4. The lowest BCUT2D eigenvalue weighted by molar-refractivity contribution is 0.111. The molecule has 6 nitrogen and oxygen atoms in total. The Bertz CT molecular complexity index is 968. The fourth-order valence-electron chi connectivity index (χ4n) is 3.63. The van der Waals surface area contributed by atoms with E-state index < -0.39 is 0 Å². The Kier molecular flexibility index (Phi) is 6.69. The van der Waals surface area contributed by atoms with Crippen LogP contribution >= 0.6 is 11.3 Å². The van der Waals surface area contributed by atoms with Crippen molar-refractivity contribution in [1.82, 2.24) is 15.2 Å². The van der Waals surface area contributed by atoms with Crippen molar-refractivity contribution in [3.8, 4) is 10.9 Å². The maximum absolute atomic E-state index is 12.4. The maximum atomic E-state index is 12.4. The van der Waals surface area contributed by atoms with Gasteiger partial charge in [0.15, 0.2) is 0 Å². The van der Waals surface area contributed by atoms with Gasteiger partial charge in [-0.25, -0.2) is 9.78 Å². The first kappa shape index (κ1) is 20.5. The van der Waals surface area contributed by atoms with Gasteiger partial charge in [-0.1, -0.05) is 41.7 Å². The van der Waals surface area contributed by atoms with E-state index in [-0.39, 0.29) is 12.1 Å². The van der Waals surface area contributed by atoms with Crippen LogP contribution in [0, 0.1) is 0 Å². The van der Waals surface area contributed by atoms with E-state index in [1.165, 1.54) is 5.56 Å². The second kappa shape index (κ2) is 9.80. The number of rotatable bonds is 7. The summed E-state index contributed by atoms with van der Waals surface area (Å²) in [5, 5.41) is 3.72. The van der Waals surface area contributed by atoms with Gasteiger partial charge >= 0.3 is 6.03 Å². The van der Waals surface area contributed by atoms with Crippen LogP contribution in [0.1, 0.15) is 24.8 Å². The molecule has 2 amide bonds. The van der Waals surface area contributed by atoms with Crippen LogP contribution in [0.3, 0.4) is 0 Å². The van der Waals surface area contributed by atoms with Crippen LogP contribution in [-0.4, -0.2) is 48.8 Å². The monoisotopic (exact) mass is 425 g/mol. The largest absolute Gasteiger partial charge is 0.497 e. The van der Waals surface area contributed by atoms with Gasteiger partial charge in [-0.05, 0) is 30.5 Å². The molecule has 30 heavy (non-hydrogen) atoms. The van der Waals surface area contributed by atoms with E-state index in [1.807, 2.05) is 41.3 Å². The highest BCUT2D eigenvalue weighted by molar-refractivity contribution is 7.20. The number of piperidine rings is 1. The smallest absolute Gasteiger partial charge is 0.317 e. The van der Waals surface area contributed by atoms with Crippen molar-refractivity contribution in [2.24, 2.45) is 0 Å². The third-order valence-electron chi connectivity index (χ3n) is 5.33. The van der Waals surface area contributed by atoms with E-state index in [0.717, 1.165) is 41.6 Å². The van der Waals surface area contributed by atoms with Crippen molar-refractivity contribution in [2.75, 3.05) is 26.7 Å². The van der Waals surface area contributed by atoms with E-state index in [0.29, 0.717) is 24.8 Å². The number of hydrogen-bond donors (Lipinski definition) is 1. The number of carbonyl (C=O) groups is 1. The van der Waals surface area contributed by atoms with Gasteiger partial charge in [0.1, 0.15) is 11.9 Å². The Morgan fingerprint density at radius 3 is 2.77 bits per heavy atom. The molecule has 1 saturated heterocycles. The van der Waals surface area contributed by atoms with Crippen molar-refractivity contribution >= 4 is 27.6 Å². The molecule has 1 fully saturated rings. The van der Waals surface area contributed by atoms with E-state index >= 15 is 0 Å². The van der Waals surface area contributed by atoms with Gasteiger partial charge in [0.2, 0.25) is 0 Å². The normalized spacial score (nSPS) is 14.6. The Labute approximate surface area is 180 Å². The topological polar surface area (TPSA) is 63.7 Å². The Morgan fingerprint density at radius 2 is 2.00 bits per heavy atom. The van der Waals surface area contributed by atoms with Gasteiger partial charge in [0.25, 0.3) is 5.19 Å². The number of carbonyl (C=O) groups excluding carboxylic acids is 1. The number of benzene rings is 2. The number of ether oxygens (including phenoxy) is 2. The van der Waals surface area contributed by atoms with Crippen LogP contribution in [0.5, 0.6) is 10.9 Å². The van der Waals surface area contributed by atoms with Crippen LogP contribution in [0.15, 0.2) is 48.5 Å². The Hall–Kier alpha value is -2.80. The number of methoxy groups -OCH3 is 1. The van der Waals surface area contributed by atoms with Gasteiger partial charge in [0.05, 0.1) is 17.3 Å². The molecule has 7 heteroatoms. The molecule has 3 aromatic rings. The average molecular weight is 426 g/mol. The molecule has 0 saturated carbocycles. The van der Waals surface area contributed by atoms with Crippen molar-refractivity contribution in [2.45, 2.75) is 31.8 Å². The summed E-state index contributed by atoms with van der Waals surface area (Å²) >= 11 is 1.55. The number of thiazole rings is 1. The number of amides is 2. The number of nitrogens with one attached hydrogen (secondary N) is 1. The molecule has 0 atom stereocenters. The predicted molar refractivity (Wildman–Crippen MR) is 120 cm³/mol. The zero-order valence-corrected chi connectivity index (χ0v) is 18.0. The van der Waals surface area contributed by atoms with Gasteiger partial charge in [-0.3, -0.25) is 0 Å². The van der Waals surface area contributed by atoms with Crippen LogP contribution in [0.2, 0.25) is 0 Å². The fourth-order valence-corrected chi connectivity index (χ4v) is 4.49. The van der Waals surface area contributed by atoms with E-state index in [9.17, 15) is 4.79 Å². The lowest BCUT2D eigenvalue weighted by Crippen LogP contribution is -2.46. The van der Waals surface area contributed by atoms with Crippen LogP contribution in [0.4, 0.5) is 4.79 Å². The Balaban J connectivity index is 1.19. The fraction of sp³-hybridized carbons (Fsp3) is 0.391. The molecule has 1 aliphatic heterocycles. The number of urea groups is 1. The number of hydrogen-bond acceptors (Lipinski definition) is 5. The molecular formula is C23H27N3O3S. The molecule has 1 N–H and O–H groups in total. The highest BCUT2D eigenvalue weighted by atomic mass is 32.1. The molecular weight excluding hydrogens is 398 g/mol. The molecule has 0 bridgehead atoms. The highest BCUT2D eigenvalue weighted by Crippen LogP contribution is 2.31. The molecule has 0 aliphatic carbocycles. The molecule has 4 rings (SSSR count). The number of nitrogens with zero attached hydrogens (tertiary/aromatic N) is 2. The molecule has 0 radical (unpaired) electrons. The van der Waals surface area contributed by atoms with Crippen LogP contribution in [0.25, 0.3) is 10.2 Å². The highest BCUT2D eigenvalue weighted by Gasteiger charge is 2.24. The third kappa shape index (κ3) is 5.21. The van der Waals surface area contributed by atoms with Gasteiger partial charge in [-0.2, -0.15) is 0 Å². The van der Waals surface area contributed by atoms with E-state index in [1.54, 1.807) is 18.4 Å². The van der Waals surface area contributed by atoms with Crippen molar-refractivity contribution in [3.63, 3.8) is 0 Å². The summed E-state index contributed by atoms with van der Waals surface area (Å²) in [4.78, 5) is 18.9. The first-order valence-corrected chi connectivity index (χ1v) is 11.2. The second-order valence-corrected chi connectivity index (χ2v) is 8.43. The van der Waals surface area contributed by atoms with Gasteiger partial charge < -0.3 is 19.7 Å². The number of fused-ring (bicyclic) bond motifs is 1. The predicted octanol–water partition coefficient (Wildman–Crippen LogP) is 4.49. The van der Waals surface area contributed by atoms with Crippen LogP contribution in [-0.2, 0) is 6.42 Å². The first-order valence-electron chi connectivity index (χ1n) is 10.4. The molecule has 2 aromatic carbocycles. The molecule has 1 aliphatic rings. The number of aromatic nitrogens is 1. The molecule has 1 aromatic heterocycles. The zero-order chi connectivity index (χ0) is 20.8. The summed E-state index contributed by atoms with van der Waals surface area (Å²) in [7, 11) is 1.65. The maximum Gasteiger partial charge on any atom is 0.317 e. The quantitative estimate of drug-likeness (QED) is 0.567. The van der Waals surface area contributed by atoms with E-state index in [2.05, 4.69) is 22.4 Å². The van der Waals surface area contributed by atoms with Crippen LogP contribution < -0.4 is 14.8 Å². The average Bonchev–Trinajstić information content (AvgIpc) is 3.19. The number of aryl methyl sites for hydroxylation is 1. The zero-order valence-electron chi connectivity index (χ0n) is 17.2. The minimum Gasteiger partial charge on any atom is -0.497 e. The summed E-state index contributed by atoms with van der Waals surface area (Å²) in [6.45, 7) is 2.10. The molecule has 0 unspecified atom stereocenters. The summed E-state index contributed by atoms with van der Waals surface area (Å²) in [5.74, 6) is 0.794. The minimum absolute atomic E-state index is 0.0218. The van der Waals surface area contributed by atoms with Crippen molar-refractivity contribution in [1.29, 1.82) is 0 Å². The summed E-state index contributed by atoms with van der Waals surface area (Å²) in [6, 6.07) is 16.2. The first-order chi connectivity index (χ1) is 14.7. The third-order valence-corrected chi connectivity index (χ3v) is 6.26. The van der Waals surface area contributed by atoms with Crippen molar-refractivity contribution < 1.29 is 14.3 Å². The lowest BCUT2D eigenvalue weighted by atomic mass is 10.1. The Morgan fingerprint density at radius 1 is 1.20 bits per heavy atom. The lowest BCUT2D eigenvalue weighted by Gasteiger charge is -2.31. The molecule has 158 valence electrons. The van der Waals surface area contributed by atoms with E-state index in [4.69, 9.17) is 9.47 Å². The second-order valence-electron chi connectivity index (χ2n) is 7.44. The van der Waals surface area contributed by atoms with Gasteiger partial charge in [-0.15, -0.1) is 0 Å². The van der Waals surface area contributed by atoms with Crippen molar-refractivity contribution in [3.05, 3.63) is 54.1 Å². The molecule has 2 heterocycles. The van der Waals surface area contributed by atoms with Gasteiger partial charge in [0, 0.05) is 38.5 Å². The minimum atomic E-state index is 0.0218. The standard InChI is InChI=1S/C23H27N3O3S/c1-28-19-9-10-21-20(16-19)25-23(30-21)29-18-11-14-26(15-12-18)22(27)24-13-5-8-17-6-3-2-4-7-17/h2-4,6-7,9-10,16,18H,5,8,11-15H2,1H3,(H,24,27). The SMILES string of the molecule is COc1ccc2sc(OC3CCN(C(=O)NCCCc4ccccc4)CC3)nc2c1. The summed E-state index contributed by atoms with van der Waals surface area (Å²) in [5.41, 5.74) is 2.19. The molecule has 0 spiro atoms. The number of likely N-dealkylation sites (tertiary alicyclic amines) is 1. The summed E-state index contributed by atoms with van der Waals surface area (Å²) in [6.07, 6.45) is 3.64.